The molecule has 0 aliphatic heterocycles. The van der Waals surface area contributed by atoms with E-state index < -0.39 is 6.23 Å². The Labute approximate surface area is 160 Å². The van der Waals surface area contributed by atoms with Gasteiger partial charge in [0.15, 0.2) is 6.23 Å². The third-order valence-corrected chi connectivity index (χ3v) is 5.46. The number of aliphatic hydroxyl groups excluding tert-OH is 1. The van der Waals surface area contributed by atoms with Crippen molar-refractivity contribution in [2.45, 2.75) is 45.9 Å². The molecular weight excluding hydrogens is 336 g/mol. The summed E-state index contributed by atoms with van der Waals surface area (Å²) in [5.41, 5.74) is 3.84. The van der Waals surface area contributed by atoms with Crippen molar-refractivity contribution in [2.24, 2.45) is 0 Å². The van der Waals surface area contributed by atoms with Crippen LogP contribution < -0.4 is 10.5 Å². The molecule has 0 saturated carbocycles. The second-order valence-corrected chi connectivity index (χ2v) is 7.09. The van der Waals surface area contributed by atoms with Crippen LogP contribution in [0.3, 0.4) is 0 Å². The van der Waals surface area contributed by atoms with Crippen LogP contribution in [-0.4, -0.2) is 16.7 Å². The number of hydrogen-bond donors (Lipinski definition) is 1. The monoisotopic (exact) mass is 364 g/mol. The lowest BCUT2D eigenvalue weighted by molar-refractivity contribution is 0.178. The van der Waals surface area contributed by atoms with E-state index in [4.69, 9.17) is 0 Å². The van der Waals surface area contributed by atoms with Gasteiger partial charge in [-0.05, 0) is 43.0 Å². The molecule has 2 aromatic carbocycles. The fraction of sp³-hybridized carbons (Fsp3) is 0.348. The molecule has 4 heteroatoms. The number of hydrogen-bond acceptors (Lipinski definition) is 3. The average molecular weight is 364 g/mol. The molecule has 0 aliphatic carbocycles. The minimum absolute atomic E-state index is 0.0470. The lowest BCUT2D eigenvalue weighted by Crippen LogP contribution is -2.24. The second-order valence-electron chi connectivity index (χ2n) is 7.09. The van der Waals surface area contributed by atoms with Gasteiger partial charge in [0, 0.05) is 36.3 Å². The number of fused-ring (bicyclic) bond motifs is 1. The minimum Gasteiger partial charge on any atom is -0.369 e. The smallest absolute Gasteiger partial charge is 0.251 e. The third-order valence-electron chi connectivity index (χ3n) is 5.46. The Morgan fingerprint density at radius 3 is 2.41 bits per heavy atom. The van der Waals surface area contributed by atoms with Crippen molar-refractivity contribution in [1.82, 2.24) is 4.57 Å². The van der Waals surface area contributed by atoms with Gasteiger partial charge in [-0.15, -0.1) is 0 Å². The van der Waals surface area contributed by atoms with Gasteiger partial charge in [-0.1, -0.05) is 44.2 Å². The van der Waals surface area contributed by atoms with Gasteiger partial charge in [-0.3, -0.25) is 4.79 Å². The predicted molar refractivity (Wildman–Crippen MR) is 112 cm³/mol. The molecule has 1 heterocycles. The van der Waals surface area contributed by atoms with Crippen molar-refractivity contribution >= 4 is 16.6 Å². The zero-order chi connectivity index (χ0) is 19.6. The Balaban J connectivity index is 2.13. The molecule has 27 heavy (non-hydrogen) atoms. The Hall–Kier alpha value is -2.59. The predicted octanol–water partition coefficient (Wildman–Crippen LogP) is 4.66. The first kappa shape index (κ1) is 19.2. The van der Waals surface area contributed by atoms with Gasteiger partial charge in [0.1, 0.15) is 0 Å². The summed E-state index contributed by atoms with van der Waals surface area (Å²) in [6.45, 7) is 6.91. The molecule has 0 saturated heterocycles. The van der Waals surface area contributed by atoms with Crippen molar-refractivity contribution in [3.63, 3.8) is 0 Å². The lowest BCUT2D eigenvalue weighted by atomic mass is 9.94. The highest BCUT2D eigenvalue weighted by atomic mass is 16.3. The summed E-state index contributed by atoms with van der Waals surface area (Å²) in [6, 6.07) is 17.5. The second kappa shape index (κ2) is 7.97. The standard InChI is InChI=1S/C23H28N2O2/c1-5-16(3)19-15-22(26)25(6-2)21-13-12-18(14-20(19)21)24(4)23(27)17-10-8-7-9-11-17/h7-16,23,27H,5-6H2,1-4H3. The number of aryl methyl sites for hydroxylation is 1. The van der Waals surface area contributed by atoms with E-state index in [0.29, 0.717) is 12.5 Å². The summed E-state index contributed by atoms with van der Waals surface area (Å²) < 4.78 is 1.80. The van der Waals surface area contributed by atoms with Gasteiger partial charge in [0.2, 0.25) is 0 Å². The van der Waals surface area contributed by atoms with Crippen molar-refractivity contribution < 1.29 is 5.11 Å². The van der Waals surface area contributed by atoms with Crippen LogP contribution in [0.2, 0.25) is 0 Å². The normalized spacial score (nSPS) is 13.5. The van der Waals surface area contributed by atoms with Crippen LogP contribution in [0.4, 0.5) is 5.69 Å². The third kappa shape index (κ3) is 3.62. The molecule has 1 N–H and O–H groups in total. The summed E-state index contributed by atoms with van der Waals surface area (Å²) in [5, 5.41) is 11.8. The molecular formula is C23H28N2O2. The van der Waals surface area contributed by atoms with Gasteiger partial charge in [-0.2, -0.15) is 0 Å². The molecule has 4 nitrogen and oxygen atoms in total. The molecule has 0 amide bonds. The van der Waals surface area contributed by atoms with E-state index in [9.17, 15) is 9.90 Å². The fourth-order valence-electron chi connectivity index (χ4n) is 3.56. The number of nitrogens with zero attached hydrogens (tertiary/aromatic N) is 2. The van der Waals surface area contributed by atoms with Gasteiger partial charge in [0.25, 0.3) is 5.56 Å². The van der Waals surface area contributed by atoms with Gasteiger partial charge in [0.05, 0.1) is 5.52 Å². The molecule has 2 atom stereocenters. The average Bonchev–Trinajstić information content (AvgIpc) is 2.71. The van der Waals surface area contributed by atoms with E-state index in [1.54, 1.807) is 10.6 Å². The largest absolute Gasteiger partial charge is 0.369 e. The van der Waals surface area contributed by atoms with Crippen molar-refractivity contribution in [3.05, 3.63) is 76.1 Å². The van der Waals surface area contributed by atoms with Crippen LogP contribution in [0, 0.1) is 0 Å². The maximum absolute atomic E-state index is 12.5. The van der Waals surface area contributed by atoms with Gasteiger partial charge < -0.3 is 14.6 Å². The number of anilines is 1. The quantitative estimate of drug-likeness (QED) is 0.647. The first-order valence-corrected chi connectivity index (χ1v) is 9.61. The van der Waals surface area contributed by atoms with E-state index in [0.717, 1.165) is 34.1 Å². The molecule has 3 rings (SSSR count). The van der Waals surface area contributed by atoms with Crippen molar-refractivity contribution in [3.8, 4) is 0 Å². The van der Waals surface area contributed by atoms with Crippen molar-refractivity contribution in [2.75, 3.05) is 11.9 Å². The number of benzene rings is 2. The summed E-state index contributed by atoms with van der Waals surface area (Å²) in [5.74, 6) is 0.298. The van der Waals surface area contributed by atoms with E-state index >= 15 is 0 Å². The number of rotatable bonds is 6. The van der Waals surface area contributed by atoms with Crippen LogP contribution in [0.25, 0.3) is 10.9 Å². The highest BCUT2D eigenvalue weighted by Crippen LogP contribution is 2.31. The summed E-state index contributed by atoms with van der Waals surface area (Å²) in [6.07, 6.45) is 0.241. The molecule has 2 unspecified atom stereocenters. The first-order chi connectivity index (χ1) is 13.0. The molecule has 142 valence electrons. The molecule has 0 radical (unpaired) electrons. The first-order valence-electron chi connectivity index (χ1n) is 9.61. The van der Waals surface area contributed by atoms with Gasteiger partial charge in [-0.25, -0.2) is 0 Å². The van der Waals surface area contributed by atoms with E-state index in [1.165, 1.54) is 0 Å². The molecule has 3 aromatic rings. The minimum atomic E-state index is -0.729. The summed E-state index contributed by atoms with van der Waals surface area (Å²) in [4.78, 5) is 14.4. The molecule has 0 fully saturated rings. The highest BCUT2D eigenvalue weighted by molar-refractivity contribution is 5.86. The highest BCUT2D eigenvalue weighted by Gasteiger charge is 2.17. The molecule has 0 aliphatic rings. The Morgan fingerprint density at radius 1 is 1.07 bits per heavy atom. The Morgan fingerprint density at radius 2 is 1.78 bits per heavy atom. The molecule has 0 bridgehead atoms. The number of aromatic nitrogens is 1. The zero-order valence-electron chi connectivity index (χ0n) is 16.5. The summed E-state index contributed by atoms with van der Waals surface area (Å²) >= 11 is 0. The number of pyridine rings is 1. The molecule has 1 aromatic heterocycles. The Bertz CT molecular complexity index is 979. The van der Waals surface area contributed by atoms with E-state index in [-0.39, 0.29) is 5.56 Å². The zero-order valence-corrected chi connectivity index (χ0v) is 16.5. The lowest BCUT2D eigenvalue weighted by Gasteiger charge is -2.27. The van der Waals surface area contributed by atoms with Crippen LogP contribution in [-0.2, 0) is 6.54 Å². The maximum atomic E-state index is 12.5. The van der Waals surface area contributed by atoms with Crippen LogP contribution in [0.1, 0.15) is 50.5 Å². The Kier molecular flexibility index (Phi) is 5.66. The van der Waals surface area contributed by atoms with E-state index in [2.05, 4.69) is 19.9 Å². The van der Waals surface area contributed by atoms with E-state index in [1.807, 2.05) is 61.3 Å². The molecule has 0 spiro atoms. The van der Waals surface area contributed by atoms with Crippen LogP contribution in [0.15, 0.2) is 59.4 Å². The van der Waals surface area contributed by atoms with Crippen LogP contribution in [0.5, 0.6) is 0 Å². The number of aliphatic hydroxyl groups is 1. The SMILES string of the molecule is CCC(C)c1cc(=O)n(CC)c2ccc(N(C)C(O)c3ccccc3)cc12. The summed E-state index contributed by atoms with van der Waals surface area (Å²) in [7, 11) is 1.89. The van der Waals surface area contributed by atoms with Gasteiger partial charge >= 0.3 is 0 Å². The van der Waals surface area contributed by atoms with Crippen molar-refractivity contribution in [1.29, 1.82) is 0 Å². The maximum Gasteiger partial charge on any atom is 0.251 e. The van der Waals surface area contributed by atoms with Crippen LogP contribution >= 0.6 is 0 Å². The topological polar surface area (TPSA) is 45.5 Å². The fourth-order valence-corrected chi connectivity index (χ4v) is 3.56.